The molecule has 3 rings (SSSR count). The minimum Gasteiger partial charge on any atom is -0.329 e. The molecule has 116 valence electrons. The molecule has 2 saturated carbocycles. The zero-order chi connectivity index (χ0) is 14.8. The number of rotatable bonds is 8. The van der Waals surface area contributed by atoms with E-state index in [1.54, 1.807) is 12.1 Å². The Balaban J connectivity index is 1.77. The molecule has 0 spiro atoms. The first-order chi connectivity index (χ1) is 10.2. The molecule has 2 aliphatic carbocycles. The molecule has 2 aliphatic rings. The van der Waals surface area contributed by atoms with Crippen LogP contribution in [0.15, 0.2) is 24.3 Å². The highest BCUT2D eigenvalue weighted by atomic mass is 19.3. The van der Waals surface area contributed by atoms with E-state index in [0.29, 0.717) is 6.54 Å². The fourth-order valence-electron chi connectivity index (χ4n) is 2.99. The summed E-state index contributed by atoms with van der Waals surface area (Å²) in [7, 11) is 0. The Morgan fingerprint density at radius 2 is 1.62 bits per heavy atom. The van der Waals surface area contributed by atoms with Gasteiger partial charge in [-0.2, -0.15) is 0 Å². The average molecular weight is 294 g/mol. The molecule has 0 heterocycles. The molecule has 1 aromatic carbocycles. The lowest BCUT2D eigenvalue weighted by Gasteiger charge is -2.31. The Morgan fingerprint density at radius 1 is 1.05 bits per heavy atom. The Hall–Kier alpha value is -1.00. The summed E-state index contributed by atoms with van der Waals surface area (Å²) in [5.41, 5.74) is 7.04. The van der Waals surface area contributed by atoms with E-state index >= 15 is 0 Å². The van der Waals surface area contributed by atoms with E-state index in [2.05, 4.69) is 4.90 Å². The Kier molecular flexibility index (Phi) is 4.55. The first kappa shape index (κ1) is 14.9. The normalized spacial score (nSPS) is 20.2. The molecule has 0 bridgehead atoms. The summed E-state index contributed by atoms with van der Waals surface area (Å²) in [6, 6.07) is 6.87. The van der Waals surface area contributed by atoms with Crippen LogP contribution < -0.4 is 5.73 Å². The largest absolute Gasteiger partial charge is 0.329 e. The van der Waals surface area contributed by atoms with Gasteiger partial charge in [0.1, 0.15) is 0 Å². The highest BCUT2D eigenvalue weighted by molar-refractivity contribution is 5.27. The van der Waals surface area contributed by atoms with Crippen molar-refractivity contribution in [1.29, 1.82) is 0 Å². The number of nitrogens with two attached hydrogens (primary N) is 1. The standard InChI is InChI=1S/C17H24F2N2/c18-17(19)15-3-1-2-14(8-15)16(9-20)21(10-12-4-5-12)11-13-6-7-13/h1-3,8,12-13,16-17H,4-7,9-11,20H2. The fraction of sp³-hybridized carbons (Fsp3) is 0.647. The van der Waals surface area contributed by atoms with Crippen LogP contribution in [0.4, 0.5) is 8.78 Å². The van der Waals surface area contributed by atoms with Crippen LogP contribution in [-0.4, -0.2) is 24.5 Å². The van der Waals surface area contributed by atoms with Crippen LogP contribution in [0, 0.1) is 11.8 Å². The lowest BCUT2D eigenvalue weighted by atomic mass is 10.0. The van der Waals surface area contributed by atoms with E-state index in [9.17, 15) is 8.78 Å². The molecule has 0 aliphatic heterocycles. The third-order valence-electron chi connectivity index (χ3n) is 4.59. The number of alkyl halides is 2. The van der Waals surface area contributed by atoms with Gasteiger partial charge in [-0.1, -0.05) is 18.2 Å². The lowest BCUT2D eigenvalue weighted by molar-refractivity contribution is 0.150. The summed E-state index contributed by atoms with van der Waals surface area (Å²) in [6.07, 6.45) is 2.79. The first-order valence-corrected chi connectivity index (χ1v) is 7.99. The maximum Gasteiger partial charge on any atom is 0.263 e. The van der Waals surface area contributed by atoms with Crippen LogP contribution in [0.2, 0.25) is 0 Å². The minimum atomic E-state index is -2.41. The van der Waals surface area contributed by atoms with Gasteiger partial charge in [-0.05, 0) is 49.1 Å². The van der Waals surface area contributed by atoms with Gasteiger partial charge in [0, 0.05) is 31.2 Å². The second-order valence-electron chi connectivity index (χ2n) is 6.56. The number of benzene rings is 1. The average Bonchev–Trinajstić information content (AvgIpc) is 3.36. The van der Waals surface area contributed by atoms with Gasteiger partial charge >= 0.3 is 0 Å². The molecule has 2 nitrogen and oxygen atoms in total. The minimum absolute atomic E-state index is 0.0740. The molecule has 0 saturated heterocycles. The smallest absolute Gasteiger partial charge is 0.263 e. The SMILES string of the molecule is NCC(c1cccc(C(F)F)c1)N(CC1CC1)CC1CC1. The van der Waals surface area contributed by atoms with E-state index in [4.69, 9.17) is 5.73 Å². The van der Waals surface area contributed by atoms with Crippen LogP contribution in [0.1, 0.15) is 49.3 Å². The molecule has 2 fully saturated rings. The Labute approximate surface area is 125 Å². The van der Waals surface area contributed by atoms with Crippen molar-refractivity contribution in [2.75, 3.05) is 19.6 Å². The van der Waals surface area contributed by atoms with E-state index in [1.165, 1.54) is 31.7 Å². The monoisotopic (exact) mass is 294 g/mol. The molecule has 0 radical (unpaired) electrons. The van der Waals surface area contributed by atoms with Gasteiger partial charge in [0.15, 0.2) is 0 Å². The molecule has 0 amide bonds. The van der Waals surface area contributed by atoms with Crippen molar-refractivity contribution in [3.63, 3.8) is 0 Å². The van der Waals surface area contributed by atoms with Crippen molar-refractivity contribution in [2.24, 2.45) is 17.6 Å². The first-order valence-electron chi connectivity index (χ1n) is 7.99. The summed E-state index contributed by atoms with van der Waals surface area (Å²) in [4.78, 5) is 2.44. The van der Waals surface area contributed by atoms with Crippen molar-refractivity contribution < 1.29 is 8.78 Å². The molecule has 0 aromatic heterocycles. The van der Waals surface area contributed by atoms with Crippen molar-refractivity contribution >= 4 is 0 Å². The van der Waals surface area contributed by atoms with Gasteiger partial charge in [0.05, 0.1) is 0 Å². The summed E-state index contributed by atoms with van der Waals surface area (Å²) in [6.45, 7) is 2.63. The maximum absolute atomic E-state index is 12.9. The topological polar surface area (TPSA) is 29.3 Å². The molecule has 2 N–H and O–H groups in total. The number of hydrogen-bond acceptors (Lipinski definition) is 2. The summed E-state index contributed by atoms with van der Waals surface area (Å²) in [5.74, 6) is 1.58. The van der Waals surface area contributed by atoms with Crippen LogP contribution in [0.5, 0.6) is 0 Å². The van der Waals surface area contributed by atoms with Crippen molar-refractivity contribution in [3.05, 3.63) is 35.4 Å². The second kappa shape index (κ2) is 6.41. The quantitative estimate of drug-likeness (QED) is 0.791. The fourth-order valence-corrected chi connectivity index (χ4v) is 2.99. The molecular weight excluding hydrogens is 270 g/mol. The third-order valence-corrected chi connectivity index (χ3v) is 4.59. The lowest BCUT2D eigenvalue weighted by Crippen LogP contribution is -2.36. The van der Waals surface area contributed by atoms with E-state index < -0.39 is 6.43 Å². The van der Waals surface area contributed by atoms with Gasteiger partial charge in [0.25, 0.3) is 6.43 Å². The van der Waals surface area contributed by atoms with Gasteiger partial charge < -0.3 is 5.73 Å². The zero-order valence-electron chi connectivity index (χ0n) is 12.3. The highest BCUT2D eigenvalue weighted by Gasteiger charge is 2.32. The zero-order valence-corrected chi connectivity index (χ0v) is 12.3. The van der Waals surface area contributed by atoms with Crippen LogP contribution in [0.25, 0.3) is 0 Å². The van der Waals surface area contributed by atoms with E-state index in [-0.39, 0.29) is 11.6 Å². The van der Waals surface area contributed by atoms with Crippen molar-refractivity contribution in [1.82, 2.24) is 4.90 Å². The number of nitrogens with zero attached hydrogens (tertiary/aromatic N) is 1. The van der Waals surface area contributed by atoms with E-state index in [0.717, 1.165) is 30.5 Å². The molecule has 4 heteroatoms. The summed E-state index contributed by atoms with van der Waals surface area (Å²) >= 11 is 0. The Morgan fingerprint density at radius 3 is 2.10 bits per heavy atom. The van der Waals surface area contributed by atoms with Crippen LogP contribution in [-0.2, 0) is 0 Å². The predicted molar refractivity (Wildman–Crippen MR) is 80.2 cm³/mol. The predicted octanol–water partition coefficient (Wildman–Crippen LogP) is 3.75. The summed E-state index contributed by atoms with van der Waals surface area (Å²) in [5, 5.41) is 0. The molecule has 1 atom stereocenters. The van der Waals surface area contributed by atoms with Crippen molar-refractivity contribution in [2.45, 2.75) is 38.2 Å². The number of halogens is 2. The number of hydrogen-bond donors (Lipinski definition) is 1. The van der Waals surface area contributed by atoms with Gasteiger partial charge in [-0.3, -0.25) is 4.90 Å². The van der Waals surface area contributed by atoms with E-state index in [1.807, 2.05) is 6.07 Å². The molecule has 1 unspecified atom stereocenters. The van der Waals surface area contributed by atoms with Crippen LogP contribution in [0.3, 0.4) is 0 Å². The third kappa shape index (κ3) is 4.01. The maximum atomic E-state index is 12.9. The van der Waals surface area contributed by atoms with Gasteiger partial charge in [0.2, 0.25) is 0 Å². The summed E-state index contributed by atoms with van der Waals surface area (Å²) < 4.78 is 25.8. The van der Waals surface area contributed by atoms with Gasteiger partial charge in [-0.25, -0.2) is 8.78 Å². The molecular formula is C17H24F2N2. The van der Waals surface area contributed by atoms with Crippen LogP contribution >= 0.6 is 0 Å². The molecule has 21 heavy (non-hydrogen) atoms. The molecule has 1 aromatic rings. The highest BCUT2D eigenvalue weighted by Crippen LogP contribution is 2.37. The Bertz CT molecular complexity index is 456. The second-order valence-corrected chi connectivity index (χ2v) is 6.56. The van der Waals surface area contributed by atoms with Crippen molar-refractivity contribution in [3.8, 4) is 0 Å². The van der Waals surface area contributed by atoms with Gasteiger partial charge in [-0.15, -0.1) is 0 Å².